The van der Waals surface area contributed by atoms with Gasteiger partial charge in [0.25, 0.3) is 0 Å². The van der Waals surface area contributed by atoms with Gasteiger partial charge in [-0.25, -0.2) is 0 Å². The zero-order valence-corrected chi connectivity index (χ0v) is 10.4. The summed E-state index contributed by atoms with van der Waals surface area (Å²) < 4.78 is 5.46. The van der Waals surface area contributed by atoms with Crippen molar-refractivity contribution in [3.63, 3.8) is 0 Å². The van der Waals surface area contributed by atoms with Crippen molar-refractivity contribution >= 4 is 0 Å². The molecule has 0 radical (unpaired) electrons. The van der Waals surface area contributed by atoms with Gasteiger partial charge in [-0.05, 0) is 18.4 Å². The molecule has 1 aromatic carbocycles. The second-order valence-electron chi connectivity index (χ2n) is 5.46. The Morgan fingerprint density at radius 2 is 1.76 bits per heavy atom. The molecule has 3 rings (SSSR count). The molecule has 2 fully saturated rings. The van der Waals surface area contributed by atoms with Crippen LogP contribution >= 0.6 is 0 Å². The summed E-state index contributed by atoms with van der Waals surface area (Å²) in [4.78, 5) is 0. The van der Waals surface area contributed by atoms with E-state index in [4.69, 9.17) is 4.74 Å². The zero-order valence-electron chi connectivity index (χ0n) is 10.4. The molecule has 2 saturated carbocycles. The monoisotopic (exact) mass is 232 g/mol. The number of hydrogen-bond donors (Lipinski definition) is 1. The van der Waals surface area contributed by atoms with Crippen molar-refractivity contribution in [2.75, 3.05) is 7.11 Å². The lowest BCUT2D eigenvalue weighted by molar-refractivity contribution is -0.139. The number of ether oxygens (including phenoxy) is 1. The fraction of sp³-hybridized carbons (Fsp3) is 0.600. The lowest BCUT2D eigenvalue weighted by atomic mass is 9.82. The average Bonchev–Trinajstić information content (AvgIpc) is 2.90. The third-order valence-electron chi connectivity index (χ3n) is 4.76. The van der Waals surface area contributed by atoms with Crippen LogP contribution in [0.15, 0.2) is 30.3 Å². The van der Waals surface area contributed by atoms with Crippen molar-refractivity contribution in [3.05, 3.63) is 35.9 Å². The number of rotatable bonds is 2. The Morgan fingerprint density at radius 1 is 1.12 bits per heavy atom. The number of aliphatic hydroxyl groups is 1. The minimum atomic E-state index is -0.922. The fourth-order valence-electron chi connectivity index (χ4n) is 3.88. The molecule has 2 heteroatoms. The summed E-state index contributed by atoms with van der Waals surface area (Å²) in [6, 6.07) is 10.3. The van der Waals surface area contributed by atoms with Crippen LogP contribution in [0.3, 0.4) is 0 Å². The third-order valence-corrected chi connectivity index (χ3v) is 4.76. The van der Waals surface area contributed by atoms with Crippen LogP contribution in [0.1, 0.15) is 43.6 Å². The minimum Gasteiger partial charge on any atom is -0.364 e. The smallest absolute Gasteiger partial charge is 0.179 e. The van der Waals surface area contributed by atoms with E-state index in [1.807, 2.05) is 18.2 Å². The highest BCUT2D eigenvalue weighted by Gasteiger charge is 2.77. The Morgan fingerprint density at radius 3 is 2.35 bits per heavy atom. The van der Waals surface area contributed by atoms with Gasteiger partial charge in [0.2, 0.25) is 0 Å². The third kappa shape index (κ3) is 1.40. The van der Waals surface area contributed by atoms with Gasteiger partial charge >= 0.3 is 0 Å². The summed E-state index contributed by atoms with van der Waals surface area (Å²) >= 11 is 0. The van der Waals surface area contributed by atoms with Gasteiger partial charge < -0.3 is 9.84 Å². The van der Waals surface area contributed by atoms with Gasteiger partial charge in [0.05, 0.1) is 0 Å². The number of hydrogen-bond acceptors (Lipinski definition) is 2. The predicted molar refractivity (Wildman–Crippen MR) is 66.7 cm³/mol. The van der Waals surface area contributed by atoms with Gasteiger partial charge in [-0.3, -0.25) is 0 Å². The van der Waals surface area contributed by atoms with Crippen LogP contribution in [0.5, 0.6) is 0 Å². The first-order valence-corrected chi connectivity index (χ1v) is 6.57. The molecule has 2 unspecified atom stereocenters. The van der Waals surface area contributed by atoms with E-state index in [1.54, 1.807) is 7.11 Å². The Balaban J connectivity index is 1.95. The van der Waals surface area contributed by atoms with Gasteiger partial charge in [-0.2, -0.15) is 0 Å². The van der Waals surface area contributed by atoms with Crippen LogP contribution in [0.25, 0.3) is 0 Å². The molecule has 1 aromatic rings. The van der Waals surface area contributed by atoms with Crippen LogP contribution in [0, 0.1) is 5.41 Å². The topological polar surface area (TPSA) is 29.5 Å². The molecule has 2 atom stereocenters. The maximum absolute atomic E-state index is 10.7. The highest BCUT2D eigenvalue weighted by Crippen LogP contribution is 2.73. The van der Waals surface area contributed by atoms with E-state index < -0.39 is 5.79 Å². The summed E-state index contributed by atoms with van der Waals surface area (Å²) in [7, 11) is 1.64. The summed E-state index contributed by atoms with van der Waals surface area (Å²) in [5.41, 5.74) is 1.21. The Bertz CT molecular complexity index is 395. The van der Waals surface area contributed by atoms with Gasteiger partial charge in [0.15, 0.2) is 5.79 Å². The molecular weight excluding hydrogens is 212 g/mol. The minimum absolute atomic E-state index is 0.0125. The van der Waals surface area contributed by atoms with Gasteiger partial charge in [-0.15, -0.1) is 0 Å². The lowest BCUT2D eigenvalue weighted by Gasteiger charge is -2.24. The van der Waals surface area contributed by atoms with Crippen LogP contribution in [0.4, 0.5) is 0 Å². The predicted octanol–water partition coefficient (Wildman–Crippen LogP) is 3.07. The van der Waals surface area contributed by atoms with Gasteiger partial charge in [-0.1, -0.05) is 49.6 Å². The van der Waals surface area contributed by atoms with Crippen LogP contribution in [-0.2, 0) is 4.74 Å². The van der Waals surface area contributed by atoms with Crippen molar-refractivity contribution in [2.45, 2.75) is 43.8 Å². The molecule has 92 valence electrons. The van der Waals surface area contributed by atoms with E-state index >= 15 is 0 Å². The molecular formula is C15H20O2. The first-order chi connectivity index (χ1) is 8.24. The number of benzene rings is 1. The van der Waals surface area contributed by atoms with Gasteiger partial charge in [0, 0.05) is 18.4 Å². The standard InChI is InChI=1S/C15H20O2/c1-17-15(16)13(12-8-4-2-5-9-12)14(15)10-6-3-7-11-14/h2,4-5,8-9,13,16H,3,6-7,10-11H2,1H3. The largest absolute Gasteiger partial charge is 0.364 e. The lowest BCUT2D eigenvalue weighted by Crippen LogP contribution is -2.24. The van der Waals surface area contributed by atoms with E-state index in [-0.39, 0.29) is 11.3 Å². The molecule has 0 amide bonds. The molecule has 0 heterocycles. The molecule has 1 spiro atoms. The molecule has 2 aliphatic rings. The second kappa shape index (κ2) is 3.82. The molecule has 2 aliphatic carbocycles. The Hall–Kier alpha value is -0.860. The van der Waals surface area contributed by atoms with Crippen molar-refractivity contribution in [2.24, 2.45) is 5.41 Å². The maximum atomic E-state index is 10.7. The Kier molecular flexibility index (Phi) is 2.53. The summed E-state index contributed by atoms with van der Waals surface area (Å²) in [6.07, 6.45) is 5.92. The quantitative estimate of drug-likeness (QED) is 0.794. The second-order valence-corrected chi connectivity index (χ2v) is 5.46. The van der Waals surface area contributed by atoms with Crippen molar-refractivity contribution < 1.29 is 9.84 Å². The SMILES string of the molecule is COC1(O)C(c2ccccc2)C12CCCCC2. The Labute approximate surface area is 103 Å². The van der Waals surface area contributed by atoms with E-state index in [9.17, 15) is 5.11 Å². The normalized spacial score (nSPS) is 34.8. The molecule has 0 saturated heterocycles. The molecule has 0 aromatic heterocycles. The summed E-state index contributed by atoms with van der Waals surface area (Å²) in [5.74, 6) is -0.754. The maximum Gasteiger partial charge on any atom is 0.179 e. The van der Waals surface area contributed by atoms with Gasteiger partial charge in [0.1, 0.15) is 0 Å². The summed E-state index contributed by atoms with van der Waals surface area (Å²) in [6.45, 7) is 0. The first kappa shape index (κ1) is 11.2. The summed E-state index contributed by atoms with van der Waals surface area (Å²) in [5, 5.41) is 10.7. The molecule has 0 aliphatic heterocycles. The number of methoxy groups -OCH3 is 1. The zero-order chi connectivity index (χ0) is 11.9. The van der Waals surface area contributed by atoms with E-state index in [2.05, 4.69) is 12.1 Å². The molecule has 2 nitrogen and oxygen atoms in total. The van der Waals surface area contributed by atoms with Crippen molar-refractivity contribution in [3.8, 4) is 0 Å². The van der Waals surface area contributed by atoms with Crippen molar-refractivity contribution in [1.82, 2.24) is 0 Å². The van der Waals surface area contributed by atoms with E-state index in [0.29, 0.717) is 0 Å². The molecule has 0 bridgehead atoms. The fourth-order valence-corrected chi connectivity index (χ4v) is 3.88. The van der Waals surface area contributed by atoms with E-state index in [1.165, 1.54) is 24.8 Å². The molecule has 17 heavy (non-hydrogen) atoms. The highest BCUT2D eigenvalue weighted by atomic mass is 16.6. The van der Waals surface area contributed by atoms with Crippen molar-refractivity contribution in [1.29, 1.82) is 0 Å². The van der Waals surface area contributed by atoms with Crippen LogP contribution in [0.2, 0.25) is 0 Å². The van der Waals surface area contributed by atoms with Crippen LogP contribution in [-0.4, -0.2) is 18.0 Å². The molecule has 1 N–H and O–H groups in total. The van der Waals surface area contributed by atoms with E-state index in [0.717, 1.165) is 12.8 Å². The van der Waals surface area contributed by atoms with Crippen LogP contribution < -0.4 is 0 Å². The average molecular weight is 232 g/mol. The first-order valence-electron chi connectivity index (χ1n) is 6.57. The highest BCUT2D eigenvalue weighted by molar-refractivity contribution is 5.38.